The Morgan fingerprint density at radius 2 is 1.91 bits per heavy atom. The van der Waals surface area contributed by atoms with Crippen LogP contribution < -0.4 is 10.6 Å². The molecule has 10 heteroatoms. The number of hydrogen-bond acceptors (Lipinski definition) is 7. The van der Waals surface area contributed by atoms with Gasteiger partial charge in [-0.1, -0.05) is 35.9 Å². The minimum atomic E-state index is -1.09. The molecule has 0 bridgehead atoms. The molecule has 0 heterocycles. The van der Waals surface area contributed by atoms with E-state index in [1.54, 1.807) is 39.0 Å². The number of aryl methyl sites for hydroxylation is 1. The number of alkyl carbamates (subject to hydrolysis) is 1. The maximum atomic E-state index is 13.5. The number of hydrogen-bond donors (Lipinski definition) is 3. The van der Waals surface area contributed by atoms with Crippen LogP contribution in [0.15, 0.2) is 36.9 Å². The molecule has 0 saturated carbocycles. The first-order valence-electron chi connectivity index (χ1n) is 10.4. The number of esters is 1. The Morgan fingerprint density at radius 3 is 2.42 bits per heavy atom. The molecule has 0 aliphatic rings. The molecule has 182 valence electrons. The van der Waals surface area contributed by atoms with Crippen LogP contribution in [0, 0.1) is 6.92 Å². The van der Waals surface area contributed by atoms with Crippen molar-refractivity contribution in [2.24, 2.45) is 0 Å². The second-order valence-electron chi connectivity index (χ2n) is 8.27. The van der Waals surface area contributed by atoms with Crippen LogP contribution in [0.4, 0.5) is 4.79 Å². The highest BCUT2D eigenvalue weighted by Crippen LogP contribution is 2.24. The number of nitrogens with zero attached hydrogens (tertiary/aromatic N) is 1. The standard InChI is InChI=1S/C23H33N3O6S/c1-7-11-26(21(29)17(14-33)25-22(30)32-23(3,4)5)19(16-10-8-9-15(2)12-16)20(28)24-13-18(27)31-6/h7-10,12,17,19,33H,1,11,13-14H2,2-6H3,(H,24,28)(H,25,30). The van der Waals surface area contributed by atoms with Crippen molar-refractivity contribution in [1.29, 1.82) is 0 Å². The molecule has 9 nitrogen and oxygen atoms in total. The first-order chi connectivity index (χ1) is 15.4. The van der Waals surface area contributed by atoms with E-state index in [4.69, 9.17) is 4.74 Å². The summed E-state index contributed by atoms with van der Waals surface area (Å²) in [5, 5.41) is 5.01. The number of methoxy groups -OCH3 is 1. The summed E-state index contributed by atoms with van der Waals surface area (Å²) in [5.74, 6) is -1.81. The van der Waals surface area contributed by atoms with Crippen molar-refractivity contribution in [1.82, 2.24) is 15.5 Å². The summed E-state index contributed by atoms with van der Waals surface area (Å²) in [4.78, 5) is 51.7. The summed E-state index contributed by atoms with van der Waals surface area (Å²) in [6, 6.07) is 4.93. The van der Waals surface area contributed by atoms with Gasteiger partial charge in [-0.25, -0.2) is 4.79 Å². The zero-order chi connectivity index (χ0) is 25.2. The fourth-order valence-corrected chi connectivity index (χ4v) is 3.19. The van der Waals surface area contributed by atoms with Crippen molar-refractivity contribution in [2.45, 2.75) is 45.4 Å². The van der Waals surface area contributed by atoms with Crippen molar-refractivity contribution in [3.63, 3.8) is 0 Å². The first kappa shape index (κ1) is 28.0. The lowest BCUT2D eigenvalue weighted by molar-refractivity contribution is -0.144. The van der Waals surface area contributed by atoms with E-state index in [9.17, 15) is 19.2 Å². The van der Waals surface area contributed by atoms with Gasteiger partial charge in [0.15, 0.2) is 0 Å². The fourth-order valence-electron chi connectivity index (χ4n) is 2.94. The molecule has 0 aliphatic carbocycles. The van der Waals surface area contributed by atoms with Crippen LogP contribution >= 0.6 is 12.6 Å². The van der Waals surface area contributed by atoms with Gasteiger partial charge in [0.2, 0.25) is 11.8 Å². The normalized spacial score (nSPS) is 12.7. The van der Waals surface area contributed by atoms with Gasteiger partial charge in [0, 0.05) is 12.3 Å². The molecule has 2 unspecified atom stereocenters. The molecule has 0 aliphatic heterocycles. The number of amides is 3. The van der Waals surface area contributed by atoms with E-state index in [0.717, 1.165) is 5.56 Å². The lowest BCUT2D eigenvalue weighted by Gasteiger charge is -2.33. The van der Waals surface area contributed by atoms with E-state index >= 15 is 0 Å². The molecule has 0 radical (unpaired) electrons. The van der Waals surface area contributed by atoms with Crippen molar-refractivity contribution in [3.05, 3.63) is 48.0 Å². The largest absolute Gasteiger partial charge is 0.468 e. The Balaban J connectivity index is 3.31. The van der Waals surface area contributed by atoms with Crippen LogP contribution in [0.2, 0.25) is 0 Å². The highest BCUT2D eigenvalue weighted by Gasteiger charge is 2.35. The molecule has 0 fully saturated rings. The highest BCUT2D eigenvalue weighted by molar-refractivity contribution is 7.80. The summed E-state index contributed by atoms with van der Waals surface area (Å²) in [5.41, 5.74) is 0.650. The molecule has 1 aromatic carbocycles. The third-order valence-electron chi connectivity index (χ3n) is 4.33. The van der Waals surface area contributed by atoms with E-state index < -0.39 is 41.6 Å². The van der Waals surface area contributed by atoms with Crippen LogP contribution in [0.1, 0.15) is 37.9 Å². The summed E-state index contributed by atoms with van der Waals surface area (Å²) in [7, 11) is 1.21. The number of benzene rings is 1. The molecule has 3 amide bonds. The van der Waals surface area contributed by atoms with Crippen LogP contribution in [-0.2, 0) is 23.9 Å². The first-order valence-corrected chi connectivity index (χ1v) is 11.0. The van der Waals surface area contributed by atoms with E-state index in [2.05, 4.69) is 34.6 Å². The third kappa shape index (κ3) is 9.17. The van der Waals surface area contributed by atoms with Gasteiger partial charge in [0.05, 0.1) is 7.11 Å². The predicted octanol–water partition coefficient (Wildman–Crippen LogP) is 2.16. The van der Waals surface area contributed by atoms with Gasteiger partial charge in [-0.15, -0.1) is 6.58 Å². The number of carbonyl (C=O) groups excluding carboxylic acids is 4. The Kier molecular flexibility index (Phi) is 10.9. The van der Waals surface area contributed by atoms with Gasteiger partial charge in [0.25, 0.3) is 0 Å². The SMILES string of the molecule is C=CCN(C(=O)C(CS)NC(=O)OC(C)(C)C)C(C(=O)NCC(=O)OC)c1cccc(C)c1. The Bertz CT molecular complexity index is 868. The Morgan fingerprint density at radius 1 is 1.24 bits per heavy atom. The number of nitrogens with one attached hydrogen (secondary N) is 2. The lowest BCUT2D eigenvalue weighted by Crippen LogP contribution is -2.54. The number of thiol groups is 1. The summed E-state index contributed by atoms with van der Waals surface area (Å²) >= 11 is 4.20. The Hall–Kier alpha value is -3.01. The predicted molar refractivity (Wildman–Crippen MR) is 128 cm³/mol. The van der Waals surface area contributed by atoms with Gasteiger partial charge in [-0.3, -0.25) is 14.4 Å². The zero-order valence-corrected chi connectivity index (χ0v) is 20.6. The molecule has 2 atom stereocenters. The average molecular weight is 480 g/mol. The summed E-state index contributed by atoms with van der Waals surface area (Å²) in [6.07, 6.45) is 0.688. The van der Waals surface area contributed by atoms with Crippen molar-refractivity contribution in [2.75, 3.05) is 26.0 Å². The molecule has 0 spiro atoms. The number of ether oxygens (including phenoxy) is 2. The topological polar surface area (TPSA) is 114 Å². The highest BCUT2D eigenvalue weighted by atomic mass is 32.1. The average Bonchev–Trinajstić information content (AvgIpc) is 2.73. The van der Waals surface area contributed by atoms with Gasteiger partial charge in [0.1, 0.15) is 24.2 Å². The Labute approximate surface area is 200 Å². The van der Waals surface area contributed by atoms with Gasteiger partial charge >= 0.3 is 12.1 Å². The van der Waals surface area contributed by atoms with Gasteiger partial charge in [-0.2, -0.15) is 12.6 Å². The van der Waals surface area contributed by atoms with E-state index in [-0.39, 0.29) is 18.8 Å². The lowest BCUT2D eigenvalue weighted by atomic mass is 10.0. The second-order valence-corrected chi connectivity index (χ2v) is 8.64. The zero-order valence-electron chi connectivity index (χ0n) is 19.7. The molecule has 2 N–H and O–H groups in total. The maximum absolute atomic E-state index is 13.5. The van der Waals surface area contributed by atoms with Crippen LogP contribution in [0.3, 0.4) is 0 Å². The van der Waals surface area contributed by atoms with Crippen LogP contribution in [-0.4, -0.2) is 66.4 Å². The minimum absolute atomic E-state index is 0.00334. The van der Waals surface area contributed by atoms with Gasteiger partial charge < -0.3 is 25.0 Å². The molecule has 0 saturated heterocycles. The minimum Gasteiger partial charge on any atom is -0.468 e. The van der Waals surface area contributed by atoms with Crippen molar-refractivity contribution >= 4 is 36.5 Å². The van der Waals surface area contributed by atoms with Crippen LogP contribution in [0.5, 0.6) is 0 Å². The molecular formula is C23H33N3O6S. The summed E-state index contributed by atoms with van der Waals surface area (Å²) in [6.45, 7) is 10.3. The summed E-state index contributed by atoms with van der Waals surface area (Å²) < 4.78 is 9.82. The van der Waals surface area contributed by atoms with E-state index in [1.807, 2.05) is 13.0 Å². The van der Waals surface area contributed by atoms with Crippen molar-refractivity contribution < 1.29 is 28.7 Å². The molecule has 1 rings (SSSR count). The number of rotatable bonds is 10. The van der Waals surface area contributed by atoms with Crippen LogP contribution in [0.25, 0.3) is 0 Å². The molecule has 1 aromatic rings. The van der Waals surface area contributed by atoms with Gasteiger partial charge in [-0.05, 0) is 33.3 Å². The monoisotopic (exact) mass is 479 g/mol. The quantitative estimate of drug-likeness (QED) is 0.269. The van der Waals surface area contributed by atoms with Crippen molar-refractivity contribution in [3.8, 4) is 0 Å². The second kappa shape index (κ2) is 12.9. The molecular weight excluding hydrogens is 446 g/mol. The fraction of sp³-hybridized carbons (Fsp3) is 0.478. The van der Waals surface area contributed by atoms with E-state index in [0.29, 0.717) is 5.56 Å². The maximum Gasteiger partial charge on any atom is 0.408 e. The molecule has 0 aromatic heterocycles. The smallest absolute Gasteiger partial charge is 0.408 e. The number of carbonyl (C=O) groups is 4. The third-order valence-corrected chi connectivity index (χ3v) is 4.70. The van der Waals surface area contributed by atoms with E-state index in [1.165, 1.54) is 18.1 Å². The molecule has 33 heavy (non-hydrogen) atoms.